The zero-order valence-corrected chi connectivity index (χ0v) is 10.5. The van der Waals surface area contributed by atoms with Gasteiger partial charge in [0.05, 0.1) is 6.10 Å². The molecule has 2 N–H and O–H groups in total. The van der Waals surface area contributed by atoms with Crippen molar-refractivity contribution in [3.05, 3.63) is 22.4 Å². The van der Waals surface area contributed by atoms with Gasteiger partial charge in [0.2, 0.25) is 0 Å². The number of aliphatic hydroxyl groups is 1. The molecule has 0 aliphatic heterocycles. The van der Waals surface area contributed by atoms with Gasteiger partial charge >= 0.3 is 0 Å². The van der Waals surface area contributed by atoms with Gasteiger partial charge < -0.3 is 10.4 Å². The lowest BCUT2D eigenvalue weighted by Crippen LogP contribution is -2.34. The number of hydrogen-bond acceptors (Lipinski definition) is 3. The molecule has 1 fully saturated rings. The Morgan fingerprint density at radius 3 is 3.00 bits per heavy atom. The van der Waals surface area contributed by atoms with Gasteiger partial charge in [0.1, 0.15) is 0 Å². The first-order valence-electron chi connectivity index (χ1n) is 6.27. The predicted octanol–water partition coefficient (Wildman–Crippen LogP) is 2.43. The van der Waals surface area contributed by atoms with E-state index in [0.717, 1.165) is 25.9 Å². The van der Waals surface area contributed by atoms with Crippen LogP contribution in [-0.2, 0) is 6.42 Å². The van der Waals surface area contributed by atoms with E-state index in [9.17, 15) is 5.11 Å². The first kappa shape index (κ1) is 12.1. The average molecular weight is 239 g/mol. The molecular weight excluding hydrogens is 218 g/mol. The summed E-state index contributed by atoms with van der Waals surface area (Å²) in [5.41, 5.74) is 0. The summed E-state index contributed by atoms with van der Waals surface area (Å²) in [4.78, 5) is 1.44. The molecule has 0 bridgehead atoms. The van der Waals surface area contributed by atoms with Gasteiger partial charge in [-0.3, -0.25) is 0 Å². The van der Waals surface area contributed by atoms with Crippen LogP contribution in [0.2, 0.25) is 0 Å². The summed E-state index contributed by atoms with van der Waals surface area (Å²) in [6.45, 7) is 2.01. The summed E-state index contributed by atoms with van der Waals surface area (Å²) in [5, 5.41) is 15.4. The zero-order chi connectivity index (χ0) is 11.2. The third-order valence-corrected chi connectivity index (χ3v) is 4.34. The summed E-state index contributed by atoms with van der Waals surface area (Å²) in [7, 11) is 0. The predicted molar refractivity (Wildman–Crippen MR) is 68.9 cm³/mol. The van der Waals surface area contributed by atoms with Crippen molar-refractivity contribution in [2.75, 3.05) is 13.1 Å². The van der Waals surface area contributed by atoms with Crippen LogP contribution in [0.3, 0.4) is 0 Å². The van der Waals surface area contributed by atoms with Crippen LogP contribution in [-0.4, -0.2) is 24.3 Å². The van der Waals surface area contributed by atoms with E-state index < -0.39 is 0 Å². The highest BCUT2D eigenvalue weighted by molar-refractivity contribution is 7.09. The first-order chi connectivity index (χ1) is 7.86. The van der Waals surface area contributed by atoms with E-state index in [1.54, 1.807) is 0 Å². The monoisotopic (exact) mass is 239 g/mol. The first-order valence-corrected chi connectivity index (χ1v) is 7.15. The summed E-state index contributed by atoms with van der Waals surface area (Å²) >= 11 is 1.82. The van der Waals surface area contributed by atoms with Crippen molar-refractivity contribution in [3.63, 3.8) is 0 Å². The molecule has 1 saturated carbocycles. The van der Waals surface area contributed by atoms with Gasteiger partial charge in [-0.1, -0.05) is 18.9 Å². The van der Waals surface area contributed by atoms with Crippen molar-refractivity contribution < 1.29 is 5.11 Å². The summed E-state index contributed by atoms with van der Waals surface area (Å²) in [6.07, 6.45) is 5.72. The highest BCUT2D eigenvalue weighted by atomic mass is 32.1. The topological polar surface area (TPSA) is 32.3 Å². The third-order valence-electron chi connectivity index (χ3n) is 3.40. The molecule has 1 aromatic rings. The molecule has 0 amide bonds. The van der Waals surface area contributed by atoms with Gasteiger partial charge in [-0.2, -0.15) is 0 Å². The molecule has 0 saturated heterocycles. The van der Waals surface area contributed by atoms with Crippen LogP contribution in [0.25, 0.3) is 0 Å². The molecule has 2 atom stereocenters. The summed E-state index contributed by atoms with van der Waals surface area (Å²) < 4.78 is 0. The van der Waals surface area contributed by atoms with E-state index in [2.05, 4.69) is 22.8 Å². The van der Waals surface area contributed by atoms with Crippen molar-refractivity contribution in [3.8, 4) is 0 Å². The van der Waals surface area contributed by atoms with E-state index in [1.807, 2.05) is 11.3 Å². The summed E-state index contributed by atoms with van der Waals surface area (Å²) in [6, 6.07) is 4.28. The Balaban J connectivity index is 1.60. The molecule has 1 heterocycles. The van der Waals surface area contributed by atoms with Crippen LogP contribution < -0.4 is 5.32 Å². The quantitative estimate of drug-likeness (QED) is 0.774. The summed E-state index contributed by atoms with van der Waals surface area (Å²) in [5.74, 6) is 0.483. The largest absolute Gasteiger partial charge is 0.393 e. The average Bonchev–Trinajstić information content (AvgIpc) is 2.79. The SMILES string of the molecule is OC1CCCCC1CNCCc1cccs1. The molecule has 3 heteroatoms. The van der Waals surface area contributed by atoms with E-state index in [0.29, 0.717) is 5.92 Å². The lowest BCUT2D eigenvalue weighted by Gasteiger charge is -2.27. The second-order valence-electron chi connectivity index (χ2n) is 4.65. The minimum absolute atomic E-state index is 0.0667. The Labute approximate surface area is 102 Å². The fourth-order valence-electron chi connectivity index (χ4n) is 2.38. The molecule has 90 valence electrons. The minimum atomic E-state index is -0.0667. The molecule has 2 nitrogen and oxygen atoms in total. The van der Waals surface area contributed by atoms with Crippen LogP contribution >= 0.6 is 11.3 Å². The van der Waals surface area contributed by atoms with Crippen LogP contribution in [0.5, 0.6) is 0 Å². The van der Waals surface area contributed by atoms with Gasteiger partial charge in [-0.05, 0) is 43.2 Å². The maximum absolute atomic E-state index is 9.81. The highest BCUT2D eigenvalue weighted by Crippen LogP contribution is 2.23. The number of thiophene rings is 1. The maximum Gasteiger partial charge on any atom is 0.0580 e. The number of aliphatic hydroxyl groups excluding tert-OH is 1. The lowest BCUT2D eigenvalue weighted by molar-refractivity contribution is 0.0698. The van der Waals surface area contributed by atoms with Crippen LogP contribution in [0.1, 0.15) is 30.6 Å². The van der Waals surface area contributed by atoms with Crippen molar-refractivity contribution >= 4 is 11.3 Å². The maximum atomic E-state index is 9.81. The molecule has 1 aliphatic rings. The number of nitrogens with one attached hydrogen (secondary N) is 1. The Kier molecular flexibility index (Phi) is 4.82. The lowest BCUT2D eigenvalue weighted by atomic mass is 9.86. The molecule has 2 unspecified atom stereocenters. The van der Waals surface area contributed by atoms with Crippen molar-refractivity contribution in [2.24, 2.45) is 5.92 Å². The molecule has 0 spiro atoms. The van der Waals surface area contributed by atoms with Crippen molar-refractivity contribution in [1.29, 1.82) is 0 Å². The zero-order valence-electron chi connectivity index (χ0n) is 9.69. The minimum Gasteiger partial charge on any atom is -0.393 e. The number of rotatable bonds is 5. The molecule has 1 aliphatic carbocycles. The fourth-order valence-corrected chi connectivity index (χ4v) is 3.09. The van der Waals surface area contributed by atoms with E-state index in [1.165, 1.54) is 24.1 Å². The Bertz CT molecular complexity index is 286. The van der Waals surface area contributed by atoms with E-state index in [4.69, 9.17) is 0 Å². The molecule has 1 aromatic heterocycles. The van der Waals surface area contributed by atoms with Gasteiger partial charge in [-0.25, -0.2) is 0 Å². The Hall–Kier alpha value is -0.380. The van der Waals surface area contributed by atoms with Crippen LogP contribution in [0.4, 0.5) is 0 Å². The standard InChI is InChI=1S/C13H21NOS/c15-13-6-2-1-4-11(13)10-14-8-7-12-5-3-9-16-12/h3,5,9,11,13-15H,1-2,4,6-8,10H2. The number of hydrogen-bond donors (Lipinski definition) is 2. The molecule has 2 rings (SSSR count). The molecule has 16 heavy (non-hydrogen) atoms. The Morgan fingerprint density at radius 2 is 2.25 bits per heavy atom. The van der Waals surface area contributed by atoms with Gasteiger partial charge in [0.25, 0.3) is 0 Å². The van der Waals surface area contributed by atoms with Crippen LogP contribution in [0, 0.1) is 5.92 Å². The van der Waals surface area contributed by atoms with Crippen LogP contribution in [0.15, 0.2) is 17.5 Å². The van der Waals surface area contributed by atoms with Crippen molar-refractivity contribution in [2.45, 2.75) is 38.2 Å². The molecule has 0 radical (unpaired) electrons. The molecule has 0 aromatic carbocycles. The van der Waals surface area contributed by atoms with Gasteiger partial charge in [0.15, 0.2) is 0 Å². The fraction of sp³-hybridized carbons (Fsp3) is 0.692. The van der Waals surface area contributed by atoms with E-state index in [-0.39, 0.29) is 6.10 Å². The second kappa shape index (κ2) is 6.38. The van der Waals surface area contributed by atoms with Gasteiger partial charge in [0, 0.05) is 11.4 Å². The third kappa shape index (κ3) is 3.58. The highest BCUT2D eigenvalue weighted by Gasteiger charge is 2.22. The smallest absolute Gasteiger partial charge is 0.0580 e. The normalized spacial score (nSPS) is 25.8. The molecular formula is C13H21NOS. The van der Waals surface area contributed by atoms with E-state index >= 15 is 0 Å². The van der Waals surface area contributed by atoms with Gasteiger partial charge in [-0.15, -0.1) is 11.3 Å². The Morgan fingerprint density at radius 1 is 1.38 bits per heavy atom. The second-order valence-corrected chi connectivity index (χ2v) is 5.68. The van der Waals surface area contributed by atoms with Crippen molar-refractivity contribution in [1.82, 2.24) is 5.32 Å².